The Morgan fingerprint density at radius 1 is 1.53 bits per heavy atom. The van der Waals surface area contributed by atoms with Crippen LogP contribution >= 0.6 is 0 Å². The summed E-state index contributed by atoms with van der Waals surface area (Å²) < 4.78 is 26.3. The molecule has 0 aromatic carbocycles. The SMILES string of the molecule is O=S(=O)(NC1CCNC1)c1cccnc1. The lowest BCUT2D eigenvalue weighted by atomic mass is 10.3. The number of hydrogen-bond acceptors (Lipinski definition) is 4. The molecule has 0 aliphatic carbocycles. The van der Waals surface area contributed by atoms with E-state index in [1.807, 2.05) is 0 Å². The molecule has 1 aliphatic heterocycles. The monoisotopic (exact) mass is 227 g/mol. The molecule has 82 valence electrons. The van der Waals surface area contributed by atoms with Gasteiger partial charge in [0.1, 0.15) is 4.90 Å². The van der Waals surface area contributed by atoms with Gasteiger partial charge in [-0.2, -0.15) is 0 Å². The van der Waals surface area contributed by atoms with Crippen LogP contribution in [0.1, 0.15) is 6.42 Å². The lowest BCUT2D eigenvalue weighted by molar-refractivity contribution is 0.560. The van der Waals surface area contributed by atoms with E-state index in [1.54, 1.807) is 12.3 Å². The van der Waals surface area contributed by atoms with E-state index in [0.29, 0.717) is 6.54 Å². The molecule has 1 aliphatic rings. The molecular formula is C9H13N3O2S. The maximum atomic E-state index is 11.8. The average Bonchev–Trinajstić information content (AvgIpc) is 2.71. The van der Waals surface area contributed by atoms with Crippen LogP contribution in [0.4, 0.5) is 0 Å². The topological polar surface area (TPSA) is 71.1 Å². The second-order valence-electron chi connectivity index (χ2n) is 3.50. The Balaban J connectivity index is 2.13. The van der Waals surface area contributed by atoms with Gasteiger partial charge in [0.15, 0.2) is 0 Å². The van der Waals surface area contributed by atoms with Gasteiger partial charge in [-0.05, 0) is 25.1 Å². The largest absolute Gasteiger partial charge is 0.315 e. The van der Waals surface area contributed by atoms with E-state index < -0.39 is 10.0 Å². The van der Waals surface area contributed by atoms with E-state index in [1.165, 1.54) is 12.3 Å². The lowest BCUT2D eigenvalue weighted by Crippen LogP contribution is -2.36. The summed E-state index contributed by atoms with van der Waals surface area (Å²) in [5.74, 6) is 0. The van der Waals surface area contributed by atoms with Gasteiger partial charge in [-0.25, -0.2) is 13.1 Å². The molecule has 0 bridgehead atoms. The standard InChI is InChI=1S/C9H13N3O2S/c13-15(14,9-2-1-4-10-7-9)12-8-3-5-11-6-8/h1-2,4,7-8,11-12H,3,5-6H2. The predicted molar refractivity (Wildman–Crippen MR) is 55.8 cm³/mol. The molecule has 2 rings (SSSR count). The van der Waals surface area contributed by atoms with Gasteiger partial charge in [-0.15, -0.1) is 0 Å². The van der Waals surface area contributed by atoms with Crippen LogP contribution in [0.2, 0.25) is 0 Å². The van der Waals surface area contributed by atoms with Crippen molar-refractivity contribution in [2.45, 2.75) is 17.4 Å². The fraction of sp³-hybridized carbons (Fsp3) is 0.444. The maximum Gasteiger partial charge on any atom is 0.242 e. The molecule has 1 fully saturated rings. The molecule has 0 radical (unpaired) electrons. The van der Waals surface area contributed by atoms with Crippen LogP contribution in [0.25, 0.3) is 0 Å². The van der Waals surface area contributed by atoms with Crippen molar-refractivity contribution in [3.8, 4) is 0 Å². The molecular weight excluding hydrogens is 214 g/mol. The van der Waals surface area contributed by atoms with Crippen molar-refractivity contribution < 1.29 is 8.42 Å². The molecule has 2 N–H and O–H groups in total. The van der Waals surface area contributed by atoms with Crippen molar-refractivity contribution >= 4 is 10.0 Å². The van der Waals surface area contributed by atoms with Crippen LogP contribution in [-0.2, 0) is 10.0 Å². The first-order valence-corrected chi connectivity index (χ1v) is 6.30. The molecule has 0 amide bonds. The highest BCUT2D eigenvalue weighted by atomic mass is 32.2. The fourth-order valence-corrected chi connectivity index (χ4v) is 2.78. The van der Waals surface area contributed by atoms with Gasteiger partial charge in [-0.3, -0.25) is 4.98 Å². The third-order valence-corrected chi connectivity index (χ3v) is 3.83. The Kier molecular flexibility index (Phi) is 2.99. The van der Waals surface area contributed by atoms with Crippen molar-refractivity contribution in [1.29, 1.82) is 0 Å². The molecule has 2 heterocycles. The van der Waals surface area contributed by atoms with Gasteiger partial charge < -0.3 is 5.32 Å². The number of nitrogens with zero attached hydrogens (tertiary/aromatic N) is 1. The van der Waals surface area contributed by atoms with Crippen LogP contribution in [0.15, 0.2) is 29.4 Å². The van der Waals surface area contributed by atoms with Crippen molar-refractivity contribution in [3.63, 3.8) is 0 Å². The zero-order valence-corrected chi connectivity index (χ0v) is 9.00. The first-order chi connectivity index (χ1) is 7.18. The summed E-state index contributed by atoms with van der Waals surface area (Å²) in [5.41, 5.74) is 0. The second kappa shape index (κ2) is 4.26. The van der Waals surface area contributed by atoms with Crippen LogP contribution < -0.4 is 10.0 Å². The lowest BCUT2D eigenvalue weighted by Gasteiger charge is -2.11. The average molecular weight is 227 g/mol. The van der Waals surface area contributed by atoms with Gasteiger partial charge in [0, 0.05) is 25.0 Å². The summed E-state index contributed by atoms with van der Waals surface area (Å²) in [4.78, 5) is 4.01. The summed E-state index contributed by atoms with van der Waals surface area (Å²) in [6.45, 7) is 1.56. The highest BCUT2D eigenvalue weighted by molar-refractivity contribution is 7.89. The van der Waals surface area contributed by atoms with E-state index >= 15 is 0 Å². The van der Waals surface area contributed by atoms with E-state index in [9.17, 15) is 8.42 Å². The molecule has 1 unspecified atom stereocenters. The van der Waals surface area contributed by atoms with E-state index in [2.05, 4.69) is 15.0 Å². The summed E-state index contributed by atoms with van der Waals surface area (Å²) in [5, 5.41) is 3.10. The Hall–Kier alpha value is -0.980. The second-order valence-corrected chi connectivity index (χ2v) is 5.21. The third kappa shape index (κ3) is 2.53. The number of aromatic nitrogens is 1. The van der Waals surface area contributed by atoms with Crippen LogP contribution in [0, 0.1) is 0 Å². The molecule has 1 aromatic rings. The van der Waals surface area contributed by atoms with Gasteiger partial charge >= 0.3 is 0 Å². The summed E-state index contributed by atoms with van der Waals surface area (Å²) in [6.07, 6.45) is 3.74. The number of sulfonamides is 1. The van der Waals surface area contributed by atoms with E-state index in [-0.39, 0.29) is 10.9 Å². The fourth-order valence-electron chi connectivity index (χ4n) is 1.55. The van der Waals surface area contributed by atoms with Gasteiger partial charge in [0.2, 0.25) is 10.0 Å². The number of nitrogens with one attached hydrogen (secondary N) is 2. The number of pyridine rings is 1. The van der Waals surface area contributed by atoms with Crippen molar-refractivity contribution in [1.82, 2.24) is 15.0 Å². The molecule has 0 spiro atoms. The van der Waals surface area contributed by atoms with Gasteiger partial charge in [0.25, 0.3) is 0 Å². The van der Waals surface area contributed by atoms with Crippen LogP contribution in [0.5, 0.6) is 0 Å². The zero-order valence-electron chi connectivity index (χ0n) is 8.18. The Morgan fingerprint density at radius 3 is 3.00 bits per heavy atom. The molecule has 5 nitrogen and oxygen atoms in total. The van der Waals surface area contributed by atoms with E-state index in [4.69, 9.17) is 0 Å². The summed E-state index contributed by atoms with van der Waals surface area (Å²) in [6, 6.07) is 3.15. The number of rotatable bonds is 3. The van der Waals surface area contributed by atoms with Crippen LogP contribution in [-0.4, -0.2) is 32.5 Å². The highest BCUT2D eigenvalue weighted by Crippen LogP contribution is 2.08. The smallest absolute Gasteiger partial charge is 0.242 e. The van der Waals surface area contributed by atoms with E-state index in [0.717, 1.165) is 13.0 Å². The minimum atomic E-state index is -3.40. The van der Waals surface area contributed by atoms with Gasteiger partial charge in [0.05, 0.1) is 0 Å². The van der Waals surface area contributed by atoms with Crippen molar-refractivity contribution in [3.05, 3.63) is 24.5 Å². The quantitative estimate of drug-likeness (QED) is 0.745. The molecule has 0 saturated carbocycles. The third-order valence-electron chi connectivity index (χ3n) is 2.33. The summed E-state index contributed by atoms with van der Waals surface area (Å²) in [7, 11) is -3.40. The number of hydrogen-bond donors (Lipinski definition) is 2. The van der Waals surface area contributed by atoms with Crippen LogP contribution in [0.3, 0.4) is 0 Å². The Labute approximate surface area is 89.0 Å². The minimum absolute atomic E-state index is 0.00444. The van der Waals surface area contributed by atoms with Crippen molar-refractivity contribution in [2.24, 2.45) is 0 Å². The maximum absolute atomic E-state index is 11.8. The Bertz CT molecular complexity index is 412. The molecule has 15 heavy (non-hydrogen) atoms. The van der Waals surface area contributed by atoms with Crippen molar-refractivity contribution in [2.75, 3.05) is 13.1 Å². The molecule has 1 aromatic heterocycles. The highest BCUT2D eigenvalue weighted by Gasteiger charge is 2.22. The minimum Gasteiger partial charge on any atom is -0.315 e. The first kappa shape index (κ1) is 10.5. The predicted octanol–water partition coefficient (Wildman–Crippen LogP) is -0.278. The molecule has 1 atom stereocenters. The summed E-state index contributed by atoms with van der Waals surface area (Å²) >= 11 is 0. The Morgan fingerprint density at radius 2 is 2.40 bits per heavy atom. The molecule has 6 heteroatoms. The normalized spacial score (nSPS) is 21.7. The van der Waals surface area contributed by atoms with Gasteiger partial charge in [-0.1, -0.05) is 0 Å². The molecule has 1 saturated heterocycles. The first-order valence-electron chi connectivity index (χ1n) is 4.81. The zero-order chi connectivity index (χ0) is 10.7.